The van der Waals surface area contributed by atoms with Crippen molar-refractivity contribution in [2.45, 2.75) is 64.8 Å². The quantitative estimate of drug-likeness (QED) is 0.804. The molecule has 1 fully saturated rings. The second-order valence-electron chi connectivity index (χ2n) is 6.62. The van der Waals surface area contributed by atoms with Gasteiger partial charge >= 0.3 is 0 Å². The third-order valence-electron chi connectivity index (χ3n) is 3.09. The summed E-state index contributed by atoms with van der Waals surface area (Å²) in [5.41, 5.74) is -0.860. The molecule has 1 atom stereocenters. The smallest absolute Gasteiger partial charge is 0.0760 e. The Morgan fingerprint density at radius 3 is 2.00 bits per heavy atom. The molecule has 1 heterocycles. The Morgan fingerprint density at radius 1 is 1.19 bits per heavy atom. The fraction of sp³-hybridized carbons (Fsp3) is 1.00. The summed E-state index contributed by atoms with van der Waals surface area (Å²) in [5, 5.41) is 10.1. The second kappa shape index (κ2) is 4.28. The van der Waals surface area contributed by atoms with E-state index in [1.165, 1.54) is 0 Å². The first-order valence-corrected chi connectivity index (χ1v) is 6.20. The summed E-state index contributed by atoms with van der Waals surface area (Å²) < 4.78 is 6.02. The van der Waals surface area contributed by atoms with E-state index in [4.69, 9.17) is 4.74 Å². The third-order valence-corrected chi connectivity index (χ3v) is 3.09. The maximum Gasteiger partial charge on any atom is 0.0760 e. The molecule has 1 unspecified atom stereocenters. The number of ether oxygens (including phenoxy) is 1. The highest BCUT2D eigenvalue weighted by molar-refractivity contribution is 4.91. The molecule has 3 heteroatoms. The predicted octanol–water partition coefficient (Wildman–Crippen LogP) is 2.04. The minimum atomic E-state index is -0.594. The van der Waals surface area contributed by atoms with Gasteiger partial charge in [-0.1, -0.05) is 6.92 Å². The highest BCUT2D eigenvalue weighted by Crippen LogP contribution is 2.29. The maximum absolute atomic E-state index is 10.1. The van der Waals surface area contributed by atoms with Crippen LogP contribution in [0.5, 0.6) is 0 Å². The van der Waals surface area contributed by atoms with E-state index in [9.17, 15) is 5.11 Å². The Labute approximate surface area is 99.8 Å². The Bertz CT molecular complexity index is 230. The Morgan fingerprint density at radius 2 is 1.62 bits per heavy atom. The van der Waals surface area contributed by atoms with Crippen LogP contribution in [0.4, 0.5) is 0 Å². The fourth-order valence-corrected chi connectivity index (χ4v) is 2.65. The summed E-state index contributed by atoms with van der Waals surface area (Å²) in [7, 11) is 0. The van der Waals surface area contributed by atoms with Crippen molar-refractivity contribution in [1.29, 1.82) is 0 Å². The van der Waals surface area contributed by atoms with Gasteiger partial charge in [-0.15, -0.1) is 0 Å². The summed E-state index contributed by atoms with van der Waals surface area (Å²) in [6.45, 7) is 14.9. The average Bonchev–Trinajstić information content (AvgIpc) is 1.96. The minimum absolute atomic E-state index is 0.133. The number of hydrogen-bond donors (Lipinski definition) is 1. The first-order valence-electron chi connectivity index (χ1n) is 6.20. The van der Waals surface area contributed by atoms with Crippen molar-refractivity contribution in [3.05, 3.63) is 0 Å². The molecule has 0 aliphatic carbocycles. The van der Waals surface area contributed by atoms with E-state index in [1.807, 2.05) is 13.8 Å². The summed E-state index contributed by atoms with van der Waals surface area (Å²) in [5.74, 6) is 0. The fourth-order valence-electron chi connectivity index (χ4n) is 2.65. The van der Waals surface area contributed by atoms with Gasteiger partial charge in [-0.25, -0.2) is 0 Å². The Kier molecular flexibility index (Phi) is 3.73. The van der Waals surface area contributed by atoms with Crippen molar-refractivity contribution in [3.63, 3.8) is 0 Å². The zero-order valence-corrected chi connectivity index (χ0v) is 11.6. The monoisotopic (exact) mass is 229 g/mol. The molecule has 0 aromatic rings. The molecule has 0 saturated carbocycles. The lowest BCUT2D eigenvalue weighted by Crippen LogP contribution is -2.59. The lowest BCUT2D eigenvalue weighted by molar-refractivity contribution is -0.187. The van der Waals surface area contributed by atoms with Crippen LogP contribution in [0.2, 0.25) is 0 Å². The summed E-state index contributed by atoms with van der Waals surface area (Å²) in [4.78, 5) is 2.31. The highest BCUT2D eigenvalue weighted by Gasteiger charge is 2.39. The molecule has 1 saturated heterocycles. The van der Waals surface area contributed by atoms with E-state index in [0.717, 1.165) is 26.1 Å². The lowest BCUT2D eigenvalue weighted by Gasteiger charge is -2.48. The van der Waals surface area contributed by atoms with Gasteiger partial charge in [0.15, 0.2) is 0 Å². The van der Waals surface area contributed by atoms with Gasteiger partial charge in [-0.05, 0) is 41.0 Å². The van der Waals surface area contributed by atoms with E-state index in [-0.39, 0.29) is 11.2 Å². The van der Waals surface area contributed by atoms with Crippen molar-refractivity contribution in [1.82, 2.24) is 4.90 Å². The number of β-amino-alcohol motifs (C(OH)–C–C–N with tert-alkyl or cyclic N) is 1. The third kappa shape index (κ3) is 4.04. The second-order valence-corrected chi connectivity index (χ2v) is 6.62. The molecule has 3 nitrogen and oxygen atoms in total. The van der Waals surface area contributed by atoms with Gasteiger partial charge in [-0.2, -0.15) is 0 Å². The highest BCUT2D eigenvalue weighted by atomic mass is 16.5. The molecule has 0 bridgehead atoms. The van der Waals surface area contributed by atoms with E-state index >= 15 is 0 Å². The first-order chi connectivity index (χ1) is 7.05. The predicted molar refractivity (Wildman–Crippen MR) is 66.6 cm³/mol. The molecular weight excluding hydrogens is 202 g/mol. The van der Waals surface area contributed by atoms with Crippen LogP contribution < -0.4 is 0 Å². The summed E-state index contributed by atoms with van der Waals surface area (Å²) in [6.07, 6.45) is 0.783. The minimum Gasteiger partial charge on any atom is -0.389 e. The topological polar surface area (TPSA) is 32.7 Å². The molecule has 0 aromatic carbocycles. The molecular formula is C13H27NO2. The van der Waals surface area contributed by atoms with Crippen LogP contribution in [0.15, 0.2) is 0 Å². The summed E-state index contributed by atoms with van der Waals surface area (Å²) in [6, 6.07) is 0. The van der Waals surface area contributed by atoms with Crippen LogP contribution in [0.3, 0.4) is 0 Å². The molecule has 96 valence electrons. The molecule has 1 rings (SSSR count). The zero-order chi connectivity index (χ0) is 12.6. The van der Waals surface area contributed by atoms with Gasteiger partial charge in [-0.3, -0.25) is 4.90 Å². The molecule has 0 amide bonds. The van der Waals surface area contributed by atoms with Crippen LogP contribution in [0, 0.1) is 0 Å². The largest absolute Gasteiger partial charge is 0.389 e. The molecule has 1 aliphatic rings. The maximum atomic E-state index is 10.1. The SMILES string of the molecule is CCC(C)(O)CN1CC(C)(C)OC(C)(C)C1. The van der Waals surface area contributed by atoms with Gasteiger partial charge in [0.2, 0.25) is 0 Å². The normalized spacial score (nSPS) is 28.7. The molecule has 16 heavy (non-hydrogen) atoms. The van der Waals surface area contributed by atoms with Crippen molar-refractivity contribution >= 4 is 0 Å². The number of aliphatic hydroxyl groups is 1. The Balaban J connectivity index is 2.68. The summed E-state index contributed by atoms with van der Waals surface area (Å²) >= 11 is 0. The van der Waals surface area contributed by atoms with E-state index in [2.05, 4.69) is 32.6 Å². The standard InChI is InChI=1S/C13H27NO2/c1-7-13(6,15)10-14-8-11(2,3)16-12(4,5)9-14/h15H,7-10H2,1-6H3. The number of morpholine rings is 1. The molecule has 1 aliphatic heterocycles. The van der Waals surface area contributed by atoms with Crippen molar-refractivity contribution < 1.29 is 9.84 Å². The lowest BCUT2D eigenvalue weighted by atomic mass is 9.96. The van der Waals surface area contributed by atoms with Crippen LogP contribution in [-0.2, 0) is 4.74 Å². The molecule has 0 aromatic heterocycles. The number of rotatable bonds is 3. The van der Waals surface area contributed by atoms with Crippen molar-refractivity contribution in [3.8, 4) is 0 Å². The van der Waals surface area contributed by atoms with E-state index < -0.39 is 5.60 Å². The van der Waals surface area contributed by atoms with Gasteiger partial charge in [0.1, 0.15) is 0 Å². The molecule has 0 radical (unpaired) electrons. The van der Waals surface area contributed by atoms with E-state index in [1.54, 1.807) is 0 Å². The number of hydrogen-bond acceptors (Lipinski definition) is 3. The first kappa shape index (κ1) is 13.9. The van der Waals surface area contributed by atoms with Crippen LogP contribution in [-0.4, -0.2) is 46.4 Å². The average molecular weight is 229 g/mol. The molecule has 1 N–H and O–H groups in total. The zero-order valence-electron chi connectivity index (χ0n) is 11.6. The van der Waals surface area contributed by atoms with Crippen molar-refractivity contribution in [2.75, 3.05) is 19.6 Å². The molecule has 0 spiro atoms. The number of nitrogens with zero attached hydrogens (tertiary/aromatic N) is 1. The van der Waals surface area contributed by atoms with E-state index in [0.29, 0.717) is 0 Å². The van der Waals surface area contributed by atoms with Gasteiger partial charge in [0.25, 0.3) is 0 Å². The van der Waals surface area contributed by atoms with Crippen molar-refractivity contribution in [2.24, 2.45) is 0 Å². The van der Waals surface area contributed by atoms with Crippen LogP contribution in [0.1, 0.15) is 48.0 Å². The van der Waals surface area contributed by atoms with Gasteiger partial charge in [0.05, 0.1) is 16.8 Å². The Hall–Kier alpha value is -0.120. The van der Waals surface area contributed by atoms with Crippen LogP contribution in [0.25, 0.3) is 0 Å². The van der Waals surface area contributed by atoms with Gasteiger partial charge < -0.3 is 9.84 Å². The van der Waals surface area contributed by atoms with Gasteiger partial charge in [0, 0.05) is 19.6 Å². The van der Waals surface area contributed by atoms with Crippen LogP contribution >= 0.6 is 0 Å².